The second-order valence-electron chi connectivity index (χ2n) is 12.0. The summed E-state index contributed by atoms with van der Waals surface area (Å²) < 4.78 is 9.58. The molecule has 0 aliphatic carbocycles. The van der Waals surface area contributed by atoms with Crippen LogP contribution in [0, 0.1) is 0 Å². The minimum atomic E-state index is -1.02. The number of nitrogens with zero attached hydrogens (tertiary/aromatic N) is 2. The third kappa shape index (κ3) is 3.38. The molecule has 3 aromatic rings. The number of carbonyl (C=O) groups excluding carboxylic acids is 1. The van der Waals surface area contributed by atoms with Crippen LogP contribution in [0.3, 0.4) is 0 Å². The first-order valence-electron chi connectivity index (χ1n) is 14.8. The summed E-state index contributed by atoms with van der Waals surface area (Å²) in [4.78, 5) is 27.5. The van der Waals surface area contributed by atoms with Gasteiger partial charge in [-0.05, 0) is 74.8 Å². The van der Waals surface area contributed by atoms with E-state index in [4.69, 9.17) is 4.74 Å². The Hall–Kier alpha value is -3.93. The number of carboxylic acid groups (broad SMARTS) is 1. The fourth-order valence-corrected chi connectivity index (χ4v) is 7.96. The summed E-state index contributed by atoms with van der Waals surface area (Å²) in [5, 5.41) is 12.7. The van der Waals surface area contributed by atoms with Crippen molar-refractivity contribution in [3.05, 3.63) is 85.4 Å². The molecule has 202 valence electrons. The van der Waals surface area contributed by atoms with Crippen molar-refractivity contribution in [1.82, 2.24) is 4.58 Å². The van der Waals surface area contributed by atoms with Crippen LogP contribution in [0.1, 0.15) is 86.7 Å². The summed E-state index contributed by atoms with van der Waals surface area (Å²) >= 11 is 0. The summed E-state index contributed by atoms with van der Waals surface area (Å²) in [6, 6.07) is 9.75. The molecule has 0 aromatic heterocycles. The lowest BCUT2D eigenvalue weighted by Gasteiger charge is -2.39. The molecule has 5 heterocycles. The average Bonchev–Trinajstić information content (AvgIpc) is 2.97. The van der Waals surface area contributed by atoms with Crippen molar-refractivity contribution in [1.29, 1.82) is 0 Å². The Morgan fingerprint density at radius 3 is 2.40 bits per heavy atom. The van der Waals surface area contributed by atoms with E-state index in [-0.39, 0.29) is 11.3 Å². The molecule has 0 spiro atoms. The third-order valence-electron chi connectivity index (χ3n) is 9.61. The molecule has 3 aromatic carbocycles. The number of Topliss-reactive ketones (excluding diaryl/α,β-unsaturated/α-hetero) is 1. The maximum absolute atomic E-state index is 12.7. The van der Waals surface area contributed by atoms with Crippen molar-refractivity contribution in [3.63, 3.8) is 0 Å². The van der Waals surface area contributed by atoms with E-state index >= 15 is 0 Å². The Kier molecular flexibility index (Phi) is 5.25. The fraction of sp³-hybridized carbons (Fsp3) is 0.382. The molecule has 0 bridgehead atoms. The zero-order valence-electron chi connectivity index (χ0n) is 22.9. The molecular formula is C34H33N2O4+. The number of benzene rings is 3. The second kappa shape index (κ2) is 8.79. The Morgan fingerprint density at radius 1 is 0.850 bits per heavy atom. The van der Waals surface area contributed by atoms with E-state index in [9.17, 15) is 14.7 Å². The van der Waals surface area contributed by atoms with Crippen molar-refractivity contribution in [2.24, 2.45) is 0 Å². The second-order valence-corrected chi connectivity index (χ2v) is 12.0. The van der Waals surface area contributed by atoms with Gasteiger partial charge in [-0.2, -0.15) is 0 Å². The predicted octanol–water partition coefficient (Wildman–Crippen LogP) is 4.02. The van der Waals surface area contributed by atoms with Gasteiger partial charge < -0.3 is 14.7 Å². The minimum Gasteiger partial charge on any atom is -0.478 e. The van der Waals surface area contributed by atoms with Gasteiger partial charge in [0.05, 0.1) is 11.1 Å². The fourth-order valence-electron chi connectivity index (χ4n) is 7.96. The van der Waals surface area contributed by atoms with E-state index in [1.54, 1.807) is 12.1 Å². The van der Waals surface area contributed by atoms with E-state index in [2.05, 4.69) is 21.6 Å². The van der Waals surface area contributed by atoms with E-state index in [0.717, 1.165) is 105 Å². The number of hydrogen-bond acceptors (Lipinski definition) is 4. The first-order valence-corrected chi connectivity index (χ1v) is 14.8. The van der Waals surface area contributed by atoms with Crippen LogP contribution >= 0.6 is 0 Å². The molecule has 8 rings (SSSR count). The summed E-state index contributed by atoms with van der Waals surface area (Å²) in [7, 11) is 0. The quantitative estimate of drug-likeness (QED) is 0.318. The largest absolute Gasteiger partial charge is 0.478 e. The first-order chi connectivity index (χ1) is 19.5. The van der Waals surface area contributed by atoms with E-state index in [0.29, 0.717) is 11.1 Å². The molecule has 6 nitrogen and oxygen atoms in total. The van der Waals surface area contributed by atoms with Crippen LogP contribution < -0.4 is 24.8 Å². The highest BCUT2D eigenvalue weighted by atomic mass is 16.5. The van der Waals surface area contributed by atoms with Gasteiger partial charge in [0.25, 0.3) is 0 Å². The van der Waals surface area contributed by atoms with Crippen LogP contribution in [0.25, 0.3) is 5.57 Å². The lowest BCUT2D eigenvalue weighted by Crippen LogP contribution is -2.45. The number of carbonyl (C=O) groups is 2. The maximum atomic E-state index is 12.7. The Labute approximate surface area is 233 Å². The van der Waals surface area contributed by atoms with Crippen LogP contribution in [0.4, 0.5) is 5.69 Å². The van der Waals surface area contributed by atoms with Gasteiger partial charge in [0.2, 0.25) is 5.36 Å². The monoisotopic (exact) mass is 533 g/mol. The molecule has 40 heavy (non-hydrogen) atoms. The molecule has 0 fully saturated rings. The van der Waals surface area contributed by atoms with Crippen molar-refractivity contribution in [2.45, 2.75) is 58.3 Å². The predicted molar refractivity (Wildman–Crippen MR) is 154 cm³/mol. The number of hydrogen-bond donors (Lipinski definition) is 1. The molecule has 0 radical (unpaired) electrons. The molecular weight excluding hydrogens is 500 g/mol. The molecule has 1 N–H and O–H groups in total. The Bertz CT molecular complexity index is 1800. The number of rotatable bonds is 3. The normalized spacial score (nSPS) is 18.3. The molecule has 0 amide bonds. The number of ketones is 1. The highest BCUT2D eigenvalue weighted by molar-refractivity contribution is 6.02. The van der Waals surface area contributed by atoms with Gasteiger partial charge in [0.15, 0.2) is 5.78 Å². The molecule has 0 atom stereocenters. The molecule has 0 unspecified atom stereocenters. The van der Waals surface area contributed by atoms with Crippen molar-refractivity contribution in [2.75, 3.05) is 31.1 Å². The van der Waals surface area contributed by atoms with E-state index < -0.39 is 5.97 Å². The molecule has 5 aliphatic rings. The number of carboxylic acids is 1. The standard InChI is InChI=1S/C34H32N2O4/c1-19(37)20-10-11-23(26(16-20)34(38)39)29-27-17-21-6-2-12-35-14-4-8-24(30(21)35)32(27)40-33-25-9-5-15-36-13-3-7-22(31(25)36)18-28(29)33/h10-11,16-18H,2-9,12-15H2,1H3/p+1. The first kappa shape index (κ1) is 23.9. The number of anilines is 1. The number of fused-ring (bicyclic) bond motifs is 4. The van der Waals surface area contributed by atoms with Gasteiger partial charge in [-0.3, -0.25) is 4.79 Å². The summed E-state index contributed by atoms with van der Waals surface area (Å²) in [6.45, 7) is 5.80. The van der Waals surface area contributed by atoms with Crippen molar-refractivity contribution < 1.29 is 19.4 Å². The third-order valence-corrected chi connectivity index (χ3v) is 9.61. The summed E-state index contributed by atoms with van der Waals surface area (Å²) in [5.74, 6) is 0.660. The maximum Gasteiger partial charge on any atom is 0.336 e. The topological polar surface area (TPSA) is 69.8 Å². The van der Waals surface area contributed by atoms with Gasteiger partial charge in [-0.15, -0.1) is 0 Å². The molecule has 6 heteroatoms. The van der Waals surface area contributed by atoms with Gasteiger partial charge >= 0.3 is 5.97 Å². The van der Waals surface area contributed by atoms with Gasteiger partial charge in [0.1, 0.15) is 24.6 Å². The van der Waals surface area contributed by atoms with Gasteiger partial charge in [-0.25, -0.2) is 9.37 Å². The van der Waals surface area contributed by atoms with Crippen molar-refractivity contribution >= 4 is 23.0 Å². The van der Waals surface area contributed by atoms with Crippen LogP contribution in [-0.4, -0.2) is 43.0 Å². The summed E-state index contributed by atoms with van der Waals surface area (Å²) in [6.07, 6.45) is 8.40. The average molecular weight is 534 g/mol. The summed E-state index contributed by atoms with van der Waals surface area (Å²) in [5.41, 5.74) is 9.76. The molecule has 0 saturated carbocycles. The molecule has 0 saturated heterocycles. The lowest BCUT2D eigenvalue weighted by molar-refractivity contribution is 0.0696. The highest BCUT2D eigenvalue weighted by Crippen LogP contribution is 2.48. The minimum absolute atomic E-state index is 0.135. The van der Waals surface area contributed by atoms with E-state index in [1.807, 2.05) is 6.07 Å². The van der Waals surface area contributed by atoms with Crippen LogP contribution in [0.5, 0.6) is 11.5 Å². The van der Waals surface area contributed by atoms with Crippen LogP contribution in [-0.2, 0) is 25.7 Å². The Morgan fingerprint density at radius 2 is 1.60 bits per heavy atom. The smallest absolute Gasteiger partial charge is 0.336 e. The Balaban J connectivity index is 1.53. The number of aromatic carboxylic acids is 1. The van der Waals surface area contributed by atoms with Gasteiger partial charge in [0, 0.05) is 64.7 Å². The van der Waals surface area contributed by atoms with Gasteiger partial charge in [-0.1, -0.05) is 12.1 Å². The SMILES string of the molecule is CC(=O)c1ccc(C2=c3cc4c5c(c3Oc3c2cc2c6c3CCCN6CCC2)CCC[N+]=5CCC4)c(C(=O)O)c1. The van der Waals surface area contributed by atoms with Crippen LogP contribution in [0.2, 0.25) is 0 Å². The van der Waals surface area contributed by atoms with Crippen LogP contribution in [0.15, 0.2) is 30.3 Å². The van der Waals surface area contributed by atoms with Crippen molar-refractivity contribution in [3.8, 4) is 11.5 Å². The zero-order valence-corrected chi connectivity index (χ0v) is 22.9. The van der Waals surface area contributed by atoms with E-state index in [1.165, 1.54) is 40.2 Å². The molecule has 5 aliphatic heterocycles. The lowest BCUT2D eigenvalue weighted by atomic mass is 9.81. The number of ether oxygens (including phenoxy) is 1. The highest BCUT2D eigenvalue weighted by Gasteiger charge is 2.36. The zero-order chi connectivity index (χ0) is 27.1. The number of aryl methyl sites for hydroxylation is 2.